The van der Waals surface area contributed by atoms with Crippen molar-refractivity contribution in [1.29, 1.82) is 0 Å². The molecule has 3 rings (SSSR count). The van der Waals surface area contributed by atoms with E-state index in [4.69, 9.17) is 4.42 Å². The summed E-state index contributed by atoms with van der Waals surface area (Å²) in [5, 5.41) is 0. The van der Waals surface area contributed by atoms with Crippen LogP contribution in [0.4, 0.5) is 0 Å². The van der Waals surface area contributed by atoms with Gasteiger partial charge < -0.3 is 4.42 Å². The second kappa shape index (κ2) is 4.22. The van der Waals surface area contributed by atoms with Crippen molar-refractivity contribution in [3.63, 3.8) is 0 Å². The third kappa shape index (κ3) is 1.95. The van der Waals surface area contributed by atoms with Crippen molar-refractivity contribution in [2.45, 2.75) is 0 Å². The molecule has 0 N–H and O–H groups in total. The Morgan fingerprint density at radius 1 is 0.824 bits per heavy atom. The number of rotatable bonds is 2. The lowest BCUT2D eigenvalue weighted by atomic mass is 10.2. The molecule has 0 aliphatic rings. The van der Waals surface area contributed by atoms with Crippen LogP contribution in [0.3, 0.4) is 0 Å². The maximum atomic E-state index is 5.70. The van der Waals surface area contributed by atoms with Crippen LogP contribution in [0, 0.1) is 0 Å². The van der Waals surface area contributed by atoms with E-state index in [0.717, 1.165) is 16.9 Å². The molecular formula is C14H10N2O. The highest BCUT2D eigenvalue weighted by Crippen LogP contribution is 2.24. The third-order valence-electron chi connectivity index (χ3n) is 2.47. The van der Waals surface area contributed by atoms with E-state index in [0.29, 0.717) is 5.89 Å². The first-order valence-corrected chi connectivity index (χ1v) is 5.35. The zero-order valence-corrected chi connectivity index (χ0v) is 9.08. The van der Waals surface area contributed by atoms with Gasteiger partial charge in [0.2, 0.25) is 5.89 Å². The average molecular weight is 222 g/mol. The van der Waals surface area contributed by atoms with Crippen molar-refractivity contribution in [2.75, 3.05) is 0 Å². The van der Waals surface area contributed by atoms with Crippen LogP contribution in [-0.4, -0.2) is 9.97 Å². The third-order valence-corrected chi connectivity index (χ3v) is 2.47. The van der Waals surface area contributed by atoms with Gasteiger partial charge in [-0.05, 0) is 24.3 Å². The van der Waals surface area contributed by atoms with Crippen molar-refractivity contribution in [2.24, 2.45) is 0 Å². The topological polar surface area (TPSA) is 38.9 Å². The molecule has 0 aliphatic carbocycles. The molecule has 2 heterocycles. The van der Waals surface area contributed by atoms with Crippen molar-refractivity contribution in [3.05, 3.63) is 61.1 Å². The zero-order chi connectivity index (χ0) is 11.5. The Labute approximate surface area is 98.8 Å². The minimum atomic E-state index is 0.629. The predicted molar refractivity (Wildman–Crippen MR) is 65.2 cm³/mol. The van der Waals surface area contributed by atoms with Gasteiger partial charge >= 0.3 is 0 Å². The summed E-state index contributed by atoms with van der Waals surface area (Å²) in [6, 6.07) is 13.7. The van der Waals surface area contributed by atoms with Crippen molar-refractivity contribution < 1.29 is 4.42 Å². The number of nitrogens with zero attached hydrogens (tertiary/aromatic N) is 2. The highest BCUT2D eigenvalue weighted by Gasteiger charge is 2.07. The molecule has 2 aromatic heterocycles. The fourth-order valence-electron chi connectivity index (χ4n) is 1.63. The van der Waals surface area contributed by atoms with Gasteiger partial charge in [-0.1, -0.05) is 18.2 Å². The van der Waals surface area contributed by atoms with Gasteiger partial charge in [0.05, 0.1) is 6.20 Å². The second-order valence-corrected chi connectivity index (χ2v) is 3.64. The van der Waals surface area contributed by atoms with Gasteiger partial charge in [0.25, 0.3) is 0 Å². The Hall–Kier alpha value is -2.42. The van der Waals surface area contributed by atoms with E-state index in [-0.39, 0.29) is 0 Å². The van der Waals surface area contributed by atoms with Gasteiger partial charge in [-0.3, -0.25) is 4.98 Å². The van der Waals surface area contributed by atoms with Crippen molar-refractivity contribution >= 4 is 0 Å². The number of benzene rings is 1. The predicted octanol–water partition coefficient (Wildman–Crippen LogP) is 3.40. The highest BCUT2D eigenvalue weighted by molar-refractivity contribution is 5.59. The maximum absolute atomic E-state index is 5.70. The molecule has 0 amide bonds. The van der Waals surface area contributed by atoms with Crippen LogP contribution in [-0.2, 0) is 0 Å². The molecule has 3 nitrogen and oxygen atoms in total. The molecule has 3 aromatic rings. The van der Waals surface area contributed by atoms with Crippen LogP contribution in [0.25, 0.3) is 22.8 Å². The van der Waals surface area contributed by atoms with E-state index in [1.165, 1.54) is 0 Å². The quantitative estimate of drug-likeness (QED) is 0.667. The smallest absolute Gasteiger partial charge is 0.226 e. The van der Waals surface area contributed by atoms with Gasteiger partial charge in [0.15, 0.2) is 5.76 Å². The summed E-state index contributed by atoms with van der Waals surface area (Å²) in [7, 11) is 0. The Balaban J connectivity index is 1.99. The largest absolute Gasteiger partial charge is 0.436 e. The van der Waals surface area contributed by atoms with Crippen molar-refractivity contribution in [1.82, 2.24) is 9.97 Å². The standard InChI is InChI=1S/C14H10N2O/c1-2-5-11(6-3-1)14-16-10-13(17-14)12-7-4-8-15-9-12/h1-10H. The van der Waals surface area contributed by atoms with Crippen molar-refractivity contribution in [3.8, 4) is 22.8 Å². The molecular weight excluding hydrogens is 212 g/mol. The molecule has 0 saturated carbocycles. The lowest BCUT2D eigenvalue weighted by molar-refractivity contribution is 0.588. The summed E-state index contributed by atoms with van der Waals surface area (Å²) in [5.41, 5.74) is 1.91. The molecule has 1 aromatic carbocycles. The van der Waals surface area contributed by atoms with Gasteiger partial charge in [0, 0.05) is 23.5 Å². The summed E-state index contributed by atoms with van der Waals surface area (Å²) in [6.07, 6.45) is 5.21. The van der Waals surface area contributed by atoms with Crippen LogP contribution in [0.5, 0.6) is 0 Å². The molecule has 0 saturated heterocycles. The first-order chi connectivity index (χ1) is 8.43. The molecule has 0 fully saturated rings. The van der Waals surface area contributed by atoms with Crippen LogP contribution in [0.2, 0.25) is 0 Å². The lowest BCUT2D eigenvalue weighted by Crippen LogP contribution is -1.75. The highest BCUT2D eigenvalue weighted by atomic mass is 16.4. The molecule has 82 valence electrons. The van der Waals surface area contributed by atoms with E-state index < -0.39 is 0 Å². The molecule has 3 heteroatoms. The number of hydrogen-bond donors (Lipinski definition) is 0. The Morgan fingerprint density at radius 3 is 2.41 bits per heavy atom. The van der Waals surface area contributed by atoms with Gasteiger partial charge in [-0.25, -0.2) is 4.98 Å². The number of pyridine rings is 1. The summed E-state index contributed by atoms with van der Waals surface area (Å²) >= 11 is 0. The molecule has 0 unspecified atom stereocenters. The van der Waals surface area contributed by atoms with Gasteiger partial charge in [-0.2, -0.15) is 0 Å². The van der Waals surface area contributed by atoms with Gasteiger partial charge in [-0.15, -0.1) is 0 Å². The monoisotopic (exact) mass is 222 g/mol. The number of oxazole rings is 1. The Bertz CT molecular complexity index is 548. The van der Waals surface area contributed by atoms with Crippen LogP contribution in [0.15, 0.2) is 65.5 Å². The molecule has 0 aliphatic heterocycles. The molecule has 0 radical (unpaired) electrons. The van der Waals surface area contributed by atoms with Gasteiger partial charge in [0.1, 0.15) is 0 Å². The summed E-state index contributed by atoms with van der Waals surface area (Å²) in [6.45, 7) is 0. The molecule has 17 heavy (non-hydrogen) atoms. The second-order valence-electron chi connectivity index (χ2n) is 3.64. The van der Waals surface area contributed by atoms with E-state index >= 15 is 0 Å². The molecule has 0 spiro atoms. The van der Waals surface area contributed by atoms with Crippen LogP contribution >= 0.6 is 0 Å². The van der Waals surface area contributed by atoms with Crippen LogP contribution < -0.4 is 0 Å². The molecule has 0 bridgehead atoms. The summed E-state index contributed by atoms with van der Waals surface area (Å²) in [4.78, 5) is 8.32. The number of aromatic nitrogens is 2. The fourth-order valence-corrected chi connectivity index (χ4v) is 1.63. The van der Waals surface area contributed by atoms with E-state index in [1.807, 2.05) is 42.5 Å². The normalized spacial score (nSPS) is 10.4. The minimum absolute atomic E-state index is 0.629. The zero-order valence-electron chi connectivity index (χ0n) is 9.08. The van der Waals surface area contributed by atoms with Crippen LogP contribution in [0.1, 0.15) is 0 Å². The van der Waals surface area contributed by atoms with E-state index in [2.05, 4.69) is 9.97 Å². The first kappa shape index (κ1) is 9.78. The Kier molecular flexibility index (Phi) is 2.43. The Morgan fingerprint density at radius 2 is 1.65 bits per heavy atom. The summed E-state index contributed by atoms with van der Waals surface area (Å²) in [5.74, 6) is 1.36. The maximum Gasteiger partial charge on any atom is 0.226 e. The minimum Gasteiger partial charge on any atom is -0.436 e. The molecule has 0 atom stereocenters. The first-order valence-electron chi connectivity index (χ1n) is 5.35. The lowest BCUT2D eigenvalue weighted by Gasteiger charge is -1.95. The average Bonchev–Trinajstić information content (AvgIpc) is 2.90. The number of hydrogen-bond acceptors (Lipinski definition) is 3. The van der Waals surface area contributed by atoms with E-state index in [1.54, 1.807) is 18.6 Å². The summed E-state index contributed by atoms with van der Waals surface area (Å²) < 4.78 is 5.70. The fraction of sp³-hybridized carbons (Fsp3) is 0. The van der Waals surface area contributed by atoms with E-state index in [9.17, 15) is 0 Å². The SMILES string of the molecule is c1ccc(-c2ncc(-c3cccnc3)o2)cc1.